The summed E-state index contributed by atoms with van der Waals surface area (Å²) in [5, 5.41) is 0.138. The first-order valence-corrected chi connectivity index (χ1v) is 7.41. The molecule has 0 bridgehead atoms. The van der Waals surface area contributed by atoms with Gasteiger partial charge in [0, 0.05) is 10.0 Å². The van der Waals surface area contributed by atoms with Gasteiger partial charge in [0.2, 0.25) is 0 Å². The third kappa shape index (κ3) is 1.90. The van der Waals surface area contributed by atoms with Crippen molar-refractivity contribution in [1.82, 2.24) is 5.43 Å². The van der Waals surface area contributed by atoms with E-state index < -0.39 is 0 Å². The topological polar surface area (TPSA) is 38.0 Å². The van der Waals surface area contributed by atoms with Crippen LogP contribution in [0.25, 0.3) is 0 Å². The maximum absolute atomic E-state index is 14.2. The number of hydrogen-bond acceptors (Lipinski definition) is 2. The number of benzene rings is 1. The molecule has 0 spiro atoms. The molecule has 2 saturated carbocycles. The zero-order valence-corrected chi connectivity index (χ0v) is 12.1. The predicted octanol–water partition coefficient (Wildman–Crippen LogP) is 3.79. The molecule has 0 radical (unpaired) electrons. The van der Waals surface area contributed by atoms with Gasteiger partial charge in [-0.2, -0.15) is 0 Å². The average Bonchev–Trinajstić information content (AvgIpc) is 2.84. The summed E-state index contributed by atoms with van der Waals surface area (Å²) < 4.78 is 14.8. The van der Waals surface area contributed by atoms with E-state index in [0.29, 0.717) is 27.8 Å². The van der Waals surface area contributed by atoms with Crippen molar-refractivity contribution in [2.75, 3.05) is 0 Å². The highest BCUT2D eigenvalue weighted by Gasteiger charge is 2.56. The molecule has 2 nitrogen and oxygen atoms in total. The van der Waals surface area contributed by atoms with E-state index in [2.05, 4.69) is 21.4 Å². The number of halogens is 3. The number of nitrogens with two attached hydrogens (primary N) is 1. The number of nitrogens with one attached hydrogen (secondary N) is 1. The number of rotatable bonds is 3. The van der Waals surface area contributed by atoms with Crippen LogP contribution in [0.1, 0.15) is 30.9 Å². The van der Waals surface area contributed by atoms with E-state index >= 15 is 0 Å². The van der Waals surface area contributed by atoms with Crippen LogP contribution in [0.4, 0.5) is 4.39 Å². The quantitative estimate of drug-likeness (QED) is 0.502. The predicted molar refractivity (Wildman–Crippen MR) is 73.5 cm³/mol. The van der Waals surface area contributed by atoms with Gasteiger partial charge in [0.25, 0.3) is 0 Å². The Morgan fingerprint density at radius 2 is 2.06 bits per heavy atom. The lowest BCUT2D eigenvalue weighted by molar-refractivity contribution is 0.410. The molecule has 2 aliphatic carbocycles. The highest BCUT2D eigenvalue weighted by Crippen LogP contribution is 2.62. The van der Waals surface area contributed by atoms with Crippen LogP contribution in [0.15, 0.2) is 16.6 Å². The molecule has 5 heteroatoms. The Bertz CT molecular complexity index is 472. The maximum Gasteiger partial charge on any atom is 0.147 e. The molecule has 1 aromatic rings. The summed E-state index contributed by atoms with van der Waals surface area (Å²) in [5.74, 6) is 7.17. The molecular formula is C13H15BrClFN2. The van der Waals surface area contributed by atoms with Crippen molar-refractivity contribution < 1.29 is 4.39 Å². The van der Waals surface area contributed by atoms with Gasteiger partial charge in [-0.05, 0) is 52.6 Å². The number of hydrazine groups is 1. The minimum absolute atomic E-state index is 0.120. The summed E-state index contributed by atoms with van der Waals surface area (Å²) in [5.41, 5.74) is 3.37. The molecule has 0 aromatic heterocycles. The van der Waals surface area contributed by atoms with Gasteiger partial charge in [-0.25, -0.2) is 4.39 Å². The van der Waals surface area contributed by atoms with E-state index in [-0.39, 0.29) is 16.9 Å². The second-order valence-electron chi connectivity index (χ2n) is 5.24. The Kier molecular flexibility index (Phi) is 3.39. The molecule has 3 rings (SSSR count). The smallest absolute Gasteiger partial charge is 0.147 e. The van der Waals surface area contributed by atoms with Gasteiger partial charge >= 0.3 is 0 Å². The van der Waals surface area contributed by atoms with Crippen molar-refractivity contribution >= 4 is 27.5 Å². The van der Waals surface area contributed by atoms with Crippen LogP contribution in [-0.2, 0) is 0 Å². The molecular weight excluding hydrogens is 319 g/mol. The van der Waals surface area contributed by atoms with Crippen molar-refractivity contribution in [3.05, 3.63) is 33.0 Å². The van der Waals surface area contributed by atoms with E-state index in [9.17, 15) is 4.39 Å². The fraction of sp³-hybridized carbons (Fsp3) is 0.538. The molecule has 18 heavy (non-hydrogen) atoms. The van der Waals surface area contributed by atoms with Gasteiger partial charge in [0.1, 0.15) is 5.82 Å². The summed E-state index contributed by atoms with van der Waals surface area (Å²) in [6.45, 7) is 0. The Balaban J connectivity index is 1.91. The number of hydrogen-bond donors (Lipinski definition) is 2. The Morgan fingerprint density at radius 3 is 2.67 bits per heavy atom. The zero-order valence-electron chi connectivity index (χ0n) is 9.80. The Morgan fingerprint density at radius 1 is 1.39 bits per heavy atom. The molecule has 0 heterocycles. The van der Waals surface area contributed by atoms with Crippen LogP contribution in [0.2, 0.25) is 5.02 Å². The van der Waals surface area contributed by atoms with Gasteiger partial charge < -0.3 is 0 Å². The molecule has 1 aromatic carbocycles. The second kappa shape index (κ2) is 4.75. The van der Waals surface area contributed by atoms with Crippen molar-refractivity contribution in [3.63, 3.8) is 0 Å². The minimum atomic E-state index is -0.362. The van der Waals surface area contributed by atoms with Crippen LogP contribution in [-0.4, -0.2) is 0 Å². The van der Waals surface area contributed by atoms with Gasteiger partial charge in [-0.15, -0.1) is 0 Å². The van der Waals surface area contributed by atoms with E-state index in [1.54, 1.807) is 12.1 Å². The second-order valence-corrected chi connectivity index (χ2v) is 6.48. The van der Waals surface area contributed by atoms with Crippen LogP contribution in [0.5, 0.6) is 0 Å². The third-order valence-electron chi connectivity index (χ3n) is 4.44. The van der Waals surface area contributed by atoms with Crippen LogP contribution in [0.3, 0.4) is 0 Å². The Hall–Kier alpha value is -0.160. The molecule has 0 aliphatic heterocycles. The third-order valence-corrected chi connectivity index (χ3v) is 5.70. The van der Waals surface area contributed by atoms with Crippen LogP contribution >= 0.6 is 27.5 Å². The molecule has 0 saturated heterocycles. The summed E-state index contributed by atoms with van der Waals surface area (Å²) in [4.78, 5) is 0. The highest BCUT2D eigenvalue weighted by atomic mass is 79.9. The molecule has 3 atom stereocenters. The van der Waals surface area contributed by atoms with Crippen LogP contribution < -0.4 is 11.3 Å². The standard InChI is InChI=1S/C13H15BrClFN2/c14-9-5-4-8(12(16)11(9)15)13(18-17)10-6-2-1-3-7(6)10/h4-7,10,13,18H,1-3,17H2. The summed E-state index contributed by atoms with van der Waals surface area (Å²) >= 11 is 9.17. The van der Waals surface area contributed by atoms with E-state index in [1.165, 1.54) is 19.3 Å². The SMILES string of the molecule is NNC(c1ccc(Br)c(Cl)c1F)C1C2CCCC21. The van der Waals surface area contributed by atoms with Gasteiger partial charge in [-0.3, -0.25) is 11.3 Å². The van der Waals surface area contributed by atoms with Gasteiger partial charge in [0.05, 0.1) is 11.1 Å². The molecule has 3 N–H and O–H groups in total. The monoisotopic (exact) mass is 332 g/mol. The molecule has 0 amide bonds. The summed E-state index contributed by atoms with van der Waals surface area (Å²) in [6.07, 6.45) is 3.80. The molecule has 3 unspecified atom stereocenters. The van der Waals surface area contributed by atoms with E-state index in [4.69, 9.17) is 17.4 Å². The lowest BCUT2D eigenvalue weighted by atomic mass is 9.97. The minimum Gasteiger partial charge on any atom is -0.271 e. The van der Waals surface area contributed by atoms with E-state index in [0.717, 1.165) is 0 Å². The molecule has 2 fully saturated rings. The zero-order chi connectivity index (χ0) is 12.9. The highest BCUT2D eigenvalue weighted by molar-refractivity contribution is 9.10. The van der Waals surface area contributed by atoms with Gasteiger partial charge in [-0.1, -0.05) is 24.1 Å². The summed E-state index contributed by atoms with van der Waals surface area (Å²) in [7, 11) is 0. The van der Waals surface area contributed by atoms with Crippen LogP contribution in [0, 0.1) is 23.6 Å². The maximum atomic E-state index is 14.2. The first-order valence-electron chi connectivity index (χ1n) is 6.24. The largest absolute Gasteiger partial charge is 0.271 e. The lowest BCUT2D eigenvalue weighted by Gasteiger charge is -2.19. The van der Waals surface area contributed by atoms with Crippen molar-refractivity contribution in [1.29, 1.82) is 0 Å². The fourth-order valence-corrected chi connectivity index (χ4v) is 4.04. The van der Waals surface area contributed by atoms with Crippen molar-refractivity contribution in [2.45, 2.75) is 25.3 Å². The van der Waals surface area contributed by atoms with E-state index in [1.807, 2.05) is 0 Å². The van der Waals surface area contributed by atoms with Crippen molar-refractivity contribution in [2.24, 2.45) is 23.6 Å². The van der Waals surface area contributed by atoms with Gasteiger partial charge in [0.15, 0.2) is 0 Å². The number of fused-ring (bicyclic) bond motifs is 1. The Labute approximate surface area is 119 Å². The normalized spacial score (nSPS) is 31.2. The van der Waals surface area contributed by atoms with Crippen molar-refractivity contribution in [3.8, 4) is 0 Å². The summed E-state index contributed by atoms with van der Waals surface area (Å²) in [6, 6.07) is 3.43. The molecule has 2 aliphatic rings. The fourth-order valence-electron chi connectivity index (χ4n) is 3.56. The average molecular weight is 334 g/mol. The lowest BCUT2D eigenvalue weighted by Crippen LogP contribution is -2.31. The first-order chi connectivity index (χ1) is 8.65. The molecule has 98 valence electrons. The first kappa shape index (κ1) is 12.9.